The summed E-state index contributed by atoms with van der Waals surface area (Å²) in [5.74, 6) is 0.0513. The first-order chi connectivity index (χ1) is 13.7. The maximum absolute atomic E-state index is 13.3. The van der Waals surface area contributed by atoms with Gasteiger partial charge in [-0.3, -0.25) is 4.79 Å². The monoisotopic (exact) mass is 380 g/mol. The average molecular weight is 380 g/mol. The van der Waals surface area contributed by atoms with Gasteiger partial charge in [0.25, 0.3) is 0 Å². The summed E-state index contributed by atoms with van der Waals surface area (Å²) in [6, 6.07) is 18.2. The van der Waals surface area contributed by atoms with E-state index in [4.69, 9.17) is 9.47 Å². The topological polar surface area (TPSA) is 50.8 Å². The van der Waals surface area contributed by atoms with E-state index in [0.717, 1.165) is 30.8 Å². The zero-order valence-electron chi connectivity index (χ0n) is 16.4. The Morgan fingerprint density at radius 1 is 1.11 bits per heavy atom. The maximum atomic E-state index is 13.3. The van der Waals surface area contributed by atoms with E-state index in [1.807, 2.05) is 42.5 Å². The lowest BCUT2D eigenvalue weighted by Crippen LogP contribution is -2.44. The van der Waals surface area contributed by atoms with Crippen molar-refractivity contribution in [3.63, 3.8) is 0 Å². The zero-order chi connectivity index (χ0) is 19.4. The summed E-state index contributed by atoms with van der Waals surface area (Å²) in [6.07, 6.45) is 2.76. The summed E-state index contributed by atoms with van der Waals surface area (Å²) >= 11 is 0. The molecule has 0 radical (unpaired) electrons. The second kappa shape index (κ2) is 8.33. The van der Waals surface area contributed by atoms with Gasteiger partial charge in [0.15, 0.2) is 0 Å². The summed E-state index contributed by atoms with van der Waals surface area (Å²) in [7, 11) is 1.77. The van der Waals surface area contributed by atoms with Crippen molar-refractivity contribution in [3.05, 3.63) is 60.2 Å². The van der Waals surface area contributed by atoms with Crippen LogP contribution in [0.1, 0.15) is 24.8 Å². The van der Waals surface area contributed by atoms with Gasteiger partial charge in [0, 0.05) is 44.8 Å². The van der Waals surface area contributed by atoms with Gasteiger partial charge < -0.3 is 19.7 Å². The van der Waals surface area contributed by atoms with E-state index in [-0.39, 0.29) is 5.91 Å². The highest BCUT2D eigenvalue weighted by atomic mass is 16.5. The fourth-order valence-corrected chi connectivity index (χ4v) is 4.29. The number of nitrogens with zero attached hydrogens (tertiary/aromatic N) is 1. The van der Waals surface area contributed by atoms with Crippen molar-refractivity contribution in [1.82, 2.24) is 0 Å². The van der Waals surface area contributed by atoms with Crippen LogP contribution in [-0.4, -0.2) is 45.4 Å². The van der Waals surface area contributed by atoms with Crippen LogP contribution in [0.4, 0.5) is 11.4 Å². The molecule has 1 N–H and O–H groups in total. The maximum Gasteiger partial charge on any atom is 0.235 e. The molecular weight excluding hydrogens is 352 g/mol. The molecule has 2 saturated heterocycles. The van der Waals surface area contributed by atoms with E-state index >= 15 is 0 Å². The molecular formula is C23H28N2O3. The molecule has 5 heteroatoms. The van der Waals surface area contributed by atoms with Crippen molar-refractivity contribution in [2.24, 2.45) is 0 Å². The quantitative estimate of drug-likeness (QED) is 0.861. The van der Waals surface area contributed by atoms with E-state index in [0.29, 0.717) is 32.2 Å². The van der Waals surface area contributed by atoms with Gasteiger partial charge in [-0.15, -0.1) is 0 Å². The molecule has 0 bridgehead atoms. The average Bonchev–Trinajstić information content (AvgIpc) is 3.25. The number of benzene rings is 2. The predicted octanol–water partition coefficient (Wildman–Crippen LogP) is 3.60. The summed E-state index contributed by atoms with van der Waals surface area (Å²) < 4.78 is 11.0. The summed E-state index contributed by atoms with van der Waals surface area (Å²) in [5, 5.41) is 3.15. The molecule has 4 rings (SSSR count). The van der Waals surface area contributed by atoms with Crippen LogP contribution in [0, 0.1) is 0 Å². The minimum Gasteiger partial charge on any atom is -0.381 e. The van der Waals surface area contributed by atoms with Crippen molar-refractivity contribution in [1.29, 1.82) is 0 Å². The second-order valence-corrected chi connectivity index (χ2v) is 7.65. The largest absolute Gasteiger partial charge is 0.381 e. The van der Waals surface area contributed by atoms with Crippen LogP contribution in [0.3, 0.4) is 0 Å². The summed E-state index contributed by atoms with van der Waals surface area (Å²) in [6.45, 7) is 3.13. The van der Waals surface area contributed by atoms with E-state index in [1.54, 1.807) is 7.11 Å². The molecule has 148 valence electrons. The molecule has 0 unspecified atom stereocenters. The normalized spacial score (nSPS) is 21.5. The summed E-state index contributed by atoms with van der Waals surface area (Å²) in [5.41, 5.74) is 2.54. The number of anilines is 2. The molecule has 0 saturated carbocycles. The van der Waals surface area contributed by atoms with Crippen LogP contribution in [0.15, 0.2) is 54.6 Å². The van der Waals surface area contributed by atoms with Crippen LogP contribution < -0.4 is 10.2 Å². The number of hydrogen-bond acceptors (Lipinski definition) is 4. The van der Waals surface area contributed by atoms with Gasteiger partial charge in [0.2, 0.25) is 5.91 Å². The van der Waals surface area contributed by atoms with Crippen LogP contribution in [-0.2, 0) is 19.7 Å². The standard InChI is InChI=1S/C23H28N2O3/c1-27-21-11-14-25(17-21)20-9-7-19(8-10-20)24-22(26)23(12-15-28-16-13-23)18-5-3-2-4-6-18/h2-10,21H,11-17H2,1H3,(H,24,26)/t21-/m1/s1. The Balaban J connectivity index is 1.49. The first-order valence-corrected chi connectivity index (χ1v) is 10.0. The third-order valence-electron chi connectivity index (χ3n) is 6.08. The van der Waals surface area contributed by atoms with Crippen molar-refractivity contribution in [2.45, 2.75) is 30.8 Å². The Morgan fingerprint density at radius 3 is 2.46 bits per heavy atom. The van der Waals surface area contributed by atoms with Gasteiger partial charge in [-0.25, -0.2) is 0 Å². The number of carbonyl (C=O) groups excluding carboxylic acids is 1. The lowest BCUT2D eigenvalue weighted by molar-refractivity contribution is -0.125. The Kier molecular flexibility index (Phi) is 5.64. The molecule has 2 aromatic rings. The molecule has 28 heavy (non-hydrogen) atoms. The molecule has 1 amide bonds. The Bertz CT molecular complexity index is 785. The summed E-state index contributed by atoms with van der Waals surface area (Å²) in [4.78, 5) is 15.6. The van der Waals surface area contributed by atoms with Crippen LogP contribution in [0.25, 0.3) is 0 Å². The zero-order valence-corrected chi connectivity index (χ0v) is 16.4. The van der Waals surface area contributed by atoms with Crippen LogP contribution in [0.5, 0.6) is 0 Å². The Morgan fingerprint density at radius 2 is 1.82 bits per heavy atom. The molecule has 2 fully saturated rings. The molecule has 0 aliphatic carbocycles. The first kappa shape index (κ1) is 19.0. The number of ether oxygens (including phenoxy) is 2. The lowest BCUT2D eigenvalue weighted by atomic mass is 9.73. The molecule has 2 heterocycles. The lowest BCUT2D eigenvalue weighted by Gasteiger charge is -2.36. The molecule has 2 aliphatic heterocycles. The van der Waals surface area contributed by atoms with Crippen molar-refractivity contribution < 1.29 is 14.3 Å². The fourth-order valence-electron chi connectivity index (χ4n) is 4.29. The SMILES string of the molecule is CO[C@@H]1CCN(c2ccc(NC(=O)C3(c4ccccc4)CCOCC3)cc2)C1. The molecule has 5 nitrogen and oxygen atoms in total. The molecule has 0 aromatic heterocycles. The van der Waals surface area contributed by atoms with E-state index in [1.165, 1.54) is 5.69 Å². The molecule has 0 spiro atoms. The number of hydrogen-bond donors (Lipinski definition) is 1. The van der Waals surface area contributed by atoms with Gasteiger partial charge in [-0.1, -0.05) is 30.3 Å². The molecule has 1 atom stereocenters. The third-order valence-corrected chi connectivity index (χ3v) is 6.08. The molecule has 2 aliphatic rings. The number of carbonyl (C=O) groups is 1. The van der Waals surface area contributed by atoms with E-state index < -0.39 is 5.41 Å². The minimum atomic E-state index is -0.529. The number of nitrogens with one attached hydrogen (secondary N) is 1. The van der Waals surface area contributed by atoms with Gasteiger partial charge in [0.05, 0.1) is 11.5 Å². The van der Waals surface area contributed by atoms with Crippen LogP contribution in [0.2, 0.25) is 0 Å². The van der Waals surface area contributed by atoms with Crippen molar-refractivity contribution in [2.75, 3.05) is 43.6 Å². The molecule has 2 aromatic carbocycles. The number of rotatable bonds is 5. The number of amides is 1. The van der Waals surface area contributed by atoms with Gasteiger partial charge in [-0.2, -0.15) is 0 Å². The van der Waals surface area contributed by atoms with Crippen LogP contribution >= 0.6 is 0 Å². The van der Waals surface area contributed by atoms with E-state index in [2.05, 4.69) is 22.3 Å². The van der Waals surface area contributed by atoms with Gasteiger partial charge >= 0.3 is 0 Å². The van der Waals surface area contributed by atoms with E-state index in [9.17, 15) is 4.79 Å². The van der Waals surface area contributed by atoms with Gasteiger partial charge in [-0.05, 0) is 49.1 Å². The van der Waals surface area contributed by atoms with Crippen molar-refractivity contribution >= 4 is 17.3 Å². The first-order valence-electron chi connectivity index (χ1n) is 10.0. The third kappa shape index (κ3) is 3.77. The highest BCUT2D eigenvalue weighted by Crippen LogP contribution is 2.36. The number of methoxy groups -OCH3 is 1. The predicted molar refractivity (Wildman–Crippen MR) is 111 cm³/mol. The van der Waals surface area contributed by atoms with Crippen molar-refractivity contribution in [3.8, 4) is 0 Å². The smallest absolute Gasteiger partial charge is 0.235 e. The minimum absolute atomic E-state index is 0.0513. The highest BCUT2D eigenvalue weighted by Gasteiger charge is 2.41. The Labute approximate surface area is 166 Å². The highest BCUT2D eigenvalue weighted by molar-refractivity contribution is 5.99. The van der Waals surface area contributed by atoms with Gasteiger partial charge in [0.1, 0.15) is 0 Å². The second-order valence-electron chi connectivity index (χ2n) is 7.65. The fraction of sp³-hybridized carbons (Fsp3) is 0.435. The Hall–Kier alpha value is -2.37.